The number of hydrogen-bond donors (Lipinski definition) is 4. The molecule has 0 amide bonds. The standard InChI is InChI=1S/C32H47N4O6P3/c37-43(38,24-30-10-4-1-5-11-30)27-34-18-16-33-17-19-35(28-44(39,40)25-31-12-6-2-7-13-31)21-23-36(22-20-34)29-45(41,42)26-32-14-8-3-9-15-32/h1-15,33H,16-29H2,(H,37,38)(H,39,40)(H,41,42). The second kappa shape index (κ2) is 17.3. The highest BCUT2D eigenvalue weighted by Gasteiger charge is 2.28. The molecular formula is C32H47N4O6P3. The van der Waals surface area contributed by atoms with Gasteiger partial charge in [0.1, 0.15) is 0 Å². The minimum atomic E-state index is -3.61. The van der Waals surface area contributed by atoms with Gasteiger partial charge in [0, 0.05) is 52.4 Å². The molecule has 45 heavy (non-hydrogen) atoms. The van der Waals surface area contributed by atoms with E-state index in [1.165, 1.54) is 0 Å². The van der Waals surface area contributed by atoms with Crippen molar-refractivity contribution in [1.82, 2.24) is 20.0 Å². The third kappa shape index (κ3) is 13.8. The van der Waals surface area contributed by atoms with Crippen molar-refractivity contribution < 1.29 is 28.4 Å². The van der Waals surface area contributed by atoms with Gasteiger partial charge in [-0.3, -0.25) is 28.4 Å². The fourth-order valence-electron chi connectivity index (χ4n) is 5.62. The molecule has 0 spiro atoms. The average Bonchev–Trinajstić information content (AvgIpc) is 2.97. The molecule has 3 atom stereocenters. The molecule has 1 heterocycles. The van der Waals surface area contributed by atoms with Gasteiger partial charge < -0.3 is 20.0 Å². The Kier molecular flexibility index (Phi) is 13.8. The lowest BCUT2D eigenvalue weighted by molar-refractivity contribution is 0.194. The predicted octanol–water partition coefficient (Wildman–Crippen LogP) is 4.78. The van der Waals surface area contributed by atoms with Gasteiger partial charge in [0.15, 0.2) is 0 Å². The Bertz CT molecular complexity index is 1370. The summed E-state index contributed by atoms with van der Waals surface area (Å²) in [5.41, 5.74) is 2.41. The zero-order chi connectivity index (χ0) is 32.2. The van der Waals surface area contributed by atoms with E-state index in [0.29, 0.717) is 52.4 Å². The highest BCUT2D eigenvalue weighted by molar-refractivity contribution is 7.57. The summed E-state index contributed by atoms with van der Waals surface area (Å²) in [6.07, 6.45) is 0.235. The zero-order valence-corrected chi connectivity index (χ0v) is 28.5. The molecule has 1 aliphatic heterocycles. The van der Waals surface area contributed by atoms with E-state index in [1.807, 2.05) is 106 Å². The van der Waals surface area contributed by atoms with Crippen LogP contribution in [0.3, 0.4) is 0 Å². The van der Waals surface area contributed by atoms with Crippen LogP contribution in [0.1, 0.15) is 16.7 Å². The Morgan fingerprint density at radius 3 is 1.02 bits per heavy atom. The van der Waals surface area contributed by atoms with Gasteiger partial charge in [-0.1, -0.05) is 91.0 Å². The molecule has 0 saturated carbocycles. The molecule has 3 aromatic rings. The van der Waals surface area contributed by atoms with Crippen LogP contribution in [0.25, 0.3) is 0 Å². The van der Waals surface area contributed by atoms with Crippen molar-refractivity contribution in [1.29, 1.82) is 0 Å². The van der Waals surface area contributed by atoms with Crippen LogP contribution in [-0.4, -0.2) is 101 Å². The zero-order valence-electron chi connectivity index (χ0n) is 25.8. The summed E-state index contributed by atoms with van der Waals surface area (Å²) in [7, 11) is -10.6. The van der Waals surface area contributed by atoms with E-state index < -0.39 is 22.1 Å². The number of nitrogens with zero attached hydrogens (tertiary/aromatic N) is 3. The summed E-state index contributed by atoms with van der Waals surface area (Å²) in [6.45, 7) is 3.93. The first-order valence-corrected chi connectivity index (χ1v) is 21.5. The largest absolute Gasteiger partial charge is 0.343 e. The summed E-state index contributed by atoms with van der Waals surface area (Å²) < 4.78 is 40.0. The Hall–Kier alpha value is -1.93. The fourth-order valence-corrected chi connectivity index (χ4v) is 11.0. The van der Waals surface area contributed by atoms with E-state index in [4.69, 9.17) is 0 Å². The number of benzene rings is 3. The second-order valence-electron chi connectivity index (χ2n) is 12.0. The summed E-state index contributed by atoms with van der Waals surface area (Å²) in [5, 5.41) is 3.39. The van der Waals surface area contributed by atoms with Crippen molar-refractivity contribution in [2.24, 2.45) is 0 Å². The molecule has 1 fully saturated rings. The SMILES string of the molecule is O=P(O)(Cc1ccccc1)CN1CCNCCN(CP(=O)(O)Cc2ccccc2)CCN(CP(=O)(O)Cc2ccccc2)CC1. The monoisotopic (exact) mass is 676 g/mol. The highest BCUT2D eigenvalue weighted by Crippen LogP contribution is 2.47. The lowest BCUT2D eigenvalue weighted by atomic mass is 10.2. The number of rotatable bonds is 12. The van der Waals surface area contributed by atoms with Gasteiger partial charge >= 0.3 is 0 Å². The molecule has 0 bridgehead atoms. The Labute approximate surface area is 267 Å². The van der Waals surface area contributed by atoms with Crippen LogP contribution in [0, 0.1) is 0 Å². The summed E-state index contributed by atoms with van der Waals surface area (Å²) in [6, 6.07) is 27.8. The smallest absolute Gasteiger partial charge is 0.218 e. The van der Waals surface area contributed by atoms with Gasteiger partial charge in [0.2, 0.25) is 22.1 Å². The van der Waals surface area contributed by atoms with Crippen LogP contribution in [0.5, 0.6) is 0 Å². The normalized spacial score (nSPS) is 20.6. The van der Waals surface area contributed by atoms with E-state index in [0.717, 1.165) is 16.7 Å². The van der Waals surface area contributed by atoms with Gasteiger partial charge in [0.25, 0.3) is 0 Å². The Morgan fingerprint density at radius 2 is 0.733 bits per heavy atom. The number of nitrogens with one attached hydrogen (secondary N) is 1. The summed E-state index contributed by atoms with van der Waals surface area (Å²) in [5.74, 6) is 0. The topological polar surface area (TPSA) is 134 Å². The molecule has 0 aromatic heterocycles. The van der Waals surface area contributed by atoms with Crippen LogP contribution >= 0.6 is 22.1 Å². The van der Waals surface area contributed by atoms with E-state index in [9.17, 15) is 28.4 Å². The van der Waals surface area contributed by atoms with Gasteiger partial charge in [-0.05, 0) is 16.7 Å². The fraction of sp³-hybridized carbons (Fsp3) is 0.438. The third-order valence-electron chi connectivity index (χ3n) is 7.75. The van der Waals surface area contributed by atoms with Crippen molar-refractivity contribution in [3.8, 4) is 0 Å². The molecule has 13 heteroatoms. The number of hydrogen-bond acceptors (Lipinski definition) is 7. The molecular weight excluding hydrogens is 629 g/mol. The quantitative estimate of drug-likeness (QED) is 0.199. The third-order valence-corrected chi connectivity index (χ3v) is 12.9. The van der Waals surface area contributed by atoms with E-state index in [-0.39, 0.29) is 37.3 Å². The lowest BCUT2D eigenvalue weighted by Gasteiger charge is -2.33. The predicted molar refractivity (Wildman–Crippen MR) is 182 cm³/mol. The molecule has 4 rings (SSSR count). The van der Waals surface area contributed by atoms with Crippen molar-refractivity contribution >= 4 is 22.1 Å². The molecule has 0 aliphatic carbocycles. The minimum Gasteiger partial charge on any atom is -0.343 e. The maximum atomic E-state index is 13.5. The maximum absolute atomic E-state index is 13.5. The second-order valence-corrected chi connectivity index (χ2v) is 18.9. The summed E-state index contributed by atoms with van der Waals surface area (Å²) >= 11 is 0. The molecule has 3 aromatic carbocycles. The van der Waals surface area contributed by atoms with Gasteiger partial charge in [0.05, 0.1) is 37.3 Å². The molecule has 246 valence electrons. The van der Waals surface area contributed by atoms with Crippen LogP contribution < -0.4 is 5.32 Å². The van der Waals surface area contributed by atoms with Gasteiger partial charge in [-0.25, -0.2) is 0 Å². The summed E-state index contributed by atoms with van der Waals surface area (Å²) in [4.78, 5) is 38.7. The average molecular weight is 677 g/mol. The van der Waals surface area contributed by atoms with E-state index >= 15 is 0 Å². The van der Waals surface area contributed by atoms with Crippen molar-refractivity contribution in [2.45, 2.75) is 18.5 Å². The van der Waals surface area contributed by atoms with E-state index in [2.05, 4.69) is 5.32 Å². The van der Waals surface area contributed by atoms with Gasteiger partial charge in [-0.2, -0.15) is 0 Å². The van der Waals surface area contributed by atoms with Gasteiger partial charge in [-0.15, -0.1) is 0 Å². The minimum absolute atomic E-state index is 0.0253. The molecule has 10 nitrogen and oxygen atoms in total. The molecule has 0 radical (unpaired) electrons. The van der Waals surface area contributed by atoms with Crippen molar-refractivity contribution in [2.75, 3.05) is 71.2 Å². The first kappa shape index (κ1) is 35.9. The first-order chi connectivity index (χ1) is 21.5. The van der Waals surface area contributed by atoms with Crippen LogP contribution in [-0.2, 0) is 32.2 Å². The molecule has 3 unspecified atom stereocenters. The molecule has 1 aliphatic rings. The molecule has 1 saturated heterocycles. The van der Waals surface area contributed by atoms with Crippen molar-refractivity contribution in [3.63, 3.8) is 0 Å². The highest BCUT2D eigenvalue weighted by atomic mass is 31.2. The van der Waals surface area contributed by atoms with Crippen LogP contribution in [0.15, 0.2) is 91.0 Å². The maximum Gasteiger partial charge on any atom is 0.218 e. The van der Waals surface area contributed by atoms with Crippen LogP contribution in [0.2, 0.25) is 0 Å². The Morgan fingerprint density at radius 1 is 0.467 bits per heavy atom. The van der Waals surface area contributed by atoms with Crippen LogP contribution in [0.4, 0.5) is 0 Å². The Balaban J connectivity index is 1.46. The molecule has 4 N–H and O–H groups in total. The van der Waals surface area contributed by atoms with E-state index in [1.54, 1.807) is 0 Å². The van der Waals surface area contributed by atoms with Crippen molar-refractivity contribution in [3.05, 3.63) is 108 Å². The first-order valence-electron chi connectivity index (χ1n) is 15.4. The lowest BCUT2D eigenvalue weighted by Crippen LogP contribution is -2.45.